The maximum absolute atomic E-state index is 12.9. The highest BCUT2D eigenvalue weighted by Gasteiger charge is 2.31. The number of amides is 1. The van der Waals surface area contributed by atoms with Crippen LogP contribution in [0.4, 0.5) is 18.9 Å². The van der Waals surface area contributed by atoms with Crippen molar-refractivity contribution >= 4 is 11.6 Å². The average Bonchev–Trinajstić information content (AvgIpc) is 3.16. The molecule has 0 aliphatic carbocycles. The molecule has 27 heavy (non-hydrogen) atoms. The smallest absolute Gasteiger partial charge is 0.416 e. The van der Waals surface area contributed by atoms with E-state index in [1.54, 1.807) is 15.9 Å². The van der Waals surface area contributed by atoms with Gasteiger partial charge in [-0.3, -0.25) is 4.79 Å². The molecule has 3 rings (SSSR count). The minimum atomic E-state index is -4.39. The topological polar surface area (TPSA) is 95.8 Å². The van der Waals surface area contributed by atoms with Crippen LogP contribution in [0.2, 0.25) is 0 Å². The minimum absolute atomic E-state index is 0.0726. The highest BCUT2D eigenvalue weighted by Crippen LogP contribution is 2.31. The first-order valence-electron chi connectivity index (χ1n) is 8.33. The molecule has 1 aliphatic heterocycles. The van der Waals surface area contributed by atoms with E-state index in [0.717, 1.165) is 12.1 Å². The van der Waals surface area contributed by atoms with Crippen LogP contribution in [0, 0.1) is 0 Å². The van der Waals surface area contributed by atoms with E-state index in [4.69, 9.17) is 15.3 Å². The normalized spacial score (nSPS) is 16.5. The third kappa shape index (κ3) is 4.22. The number of nitrogens with zero attached hydrogens (tertiary/aromatic N) is 3. The van der Waals surface area contributed by atoms with Crippen LogP contribution in [0.5, 0.6) is 0 Å². The van der Waals surface area contributed by atoms with Gasteiger partial charge in [-0.25, -0.2) is 4.98 Å². The molecule has 1 aliphatic rings. The Morgan fingerprint density at radius 1 is 1.30 bits per heavy atom. The number of aromatic nitrogens is 1. The molecule has 1 atom stereocenters. The van der Waals surface area contributed by atoms with Crippen molar-refractivity contribution < 1.29 is 27.5 Å². The largest absolute Gasteiger partial charge is 0.446 e. The fourth-order valence-electron chi connectivity index (χ4n) is 2.84. The Balaban J connectivity index is 1.63. The molecule has 1 aromatic heterocycles. The summed E-state index contributed by atoms with van der Waals surface area (Å²) in [5.74, 6) is -0.276. The van der Waals surface area contributed by atoms with Crippen LogP contribution in [-0.2, 0) is 6.18 Å². The first kappa shape index (κ1) is 19.2. The lowest BCUT2D eigenvalue weighted by atomic mass is 10.1. The van der Waals surface area contributed by atoms with Gasteiger partial charge in [0.25, 0.3) is 5.91 Å². The molecule has 1 aromatic carbocycles. The van der Waals surface area contributed by atoms with Crippen LogP contribution < -0.4 is 10.6 Å². The van der Waals surface area contributed by atoms with Crippen molar-refractivity contribution in [2.24, 2.45) is 5.73 Å². The summed E-state index contributed by atoms with van der Waals surface area (Å²) in [5, 5.41) is 9.00. The Labute approximate surface area is 153 Å². The molecule has 0 bridgehead atoms. The van der Waals surface area contributed by atoms with E-state index in [-0.39, 0.29) is 24.1 Å². The molecule has 0 spiro atoms. The number of alkyl halides is 3. The second kappa shape index (κ2) is 7.57. The lowest BCUT2D eigenvalue weighted by molar-refractivity contribution is -0.137. The van der Waals surface area contributed by atoms with Gasteiger partial charge in [0.05, 0.1) is 12.2 Å². The maximum atomic E-state index is 12.9. The molecule has 1 unspecified atom stereocenters. The van der Waals surface area contributed by atoms with E-state index in [2.05, 4.69) is 4.98 Å². The quantitative estimate of drug-likeness (QED) is 0.832. The second-order valence-electron chi connectivity index (χ2n) is 6.19. The van der Waals surface area contributed by atoms with Crippen LogP contribution in [-0.4, -0.2) is 53.7 Å². The average molecular weight is 384 g/mol. The number of aliphatic hydroxyl groups excluding tert-OH is 1. The third-order valence-corrected chi connectivity index (χ3v) is 4.36. The Hall–Kier alpha value is -2.59. The zero-order chi connectivity index (χ0) is 19.6. The molecule has 1 saturated heterocycles. The number of piperazine rings is 1. The van der Waals surface area contributed by atoms with Gasteiger partial charge >= 0.3 is 6.18 Å². The molecule has 3 N–H and O–H groups in total. The number of anilines is 1. The SMILES string of the molecule is NC(CO)c1nc(C(=O)N2CCN(c3cccc(C(F)(F)F)c3)CC2)co1. The van der Waals surface area contributed by atoms with Gasteiger partial charge in [-0.15, -0.1) is 0 Å². The van der Waals surface area contributed by atoms with Gasteiger partial charge in [-0.1, -0.05) is 6.07 Å². The zero-order valence-electron chi connectivity index (χ0n) is 14.3. The van der Waals surface area contributed by atoms with E-state index in [1.807, 2.05) is 0 Å². The number of nitrogens with two attached hydrogens (primary N) is 1. The first-order chi connectivity index (χ1) is 12.8. The van der Waals surface area contributed by atoms with Crippen molar-refractivity contribution in [3.63, 3.8) is 0 Å². The van der Waals surface area contributed by atoms with Crippen molar-refractivity contribution in [1.82, 2.24) is 9.88 Å². The van der Waals surface area contributed by atoms with Gasteiger partial charge in [-0.2, -0.15) is 13.2 Å². The van der Waals surface area contributed by atoms with Crippen LogP contribution >= 0.6 is 0 Å². The minimum Gasteiger partial charge on any atom is -0.446 e. The lowest BCUT2D eigenvalue weighted by Crippen LogP contribution is -2.49. The Kier molecular flexibility index (Phi) is 5.38. The number of rotatable bonds is 4. The van der Waals surface area contributed by atoms with E-state index in [1.165, 1.54) is 12.3 Å². The summed E-state index contributed by atoms with van der Waals surface area (Å²) in [6.07, 6.45) is -3.21. The molecule has 2 heterocycles. The van der Waals surface area contributed by atoms with E-state index >= 15 is 0 Å². The summed E-state index contributed by atoms with van der Waals surface area (Å²) in [6.45, 7) is 1.11. The number of hydrogen-bond acceptors (Lipinski definition) is 6. The number of oxazole rings is 1. The first-order valence-corrected chi connectivity index (χ1v) is 8.33. The van der Waals surface area contributed by atoms with Gasteiger partial charge in [0.2, 0.25) is 5.89 Å². The Bertz CT molecular complexity index is 801. The summed E-state index contributed by atoms with van der Waals surface area (Å²) in [6, 6.07) is 4.33. The van der Waals surface area contributed by atoms with Crippen LogP contribution in [0.25, 0.3) is 0 Å². The molecule has 10 heteroatoms. The van der Waals surface area contributed by atoms with Crippen molar-refractivity contribution in [2.45, 2.75) is 12.2 Å². The number of halogens is 3. The molecule has 7 nitrogen and oxygen atoms in total. The molecular formula is C17H19F3N4O3. The predicted molar refractivity (Wildman–Crippen MR) is 90.1 cm³/mol. The van der Waals surface area contributed by atoms with Crippen molar-refractivity contribution in [1.29, 1.82) is 0 Å². The Morgan fingerprint density at radius 2 is 2.00 bits per heavy atom. The highest BCUT2D eigenvalue weighted by atomic mass is 19.4. The van der Waals surface area contributed by atoms with Gasteiger partial charge in [0.1, 0.15) is 12.3 Å². The summed E-state index contributed by atoms with van der Waals surface area (Å²) >= 11 is 0. The summed E-state index contributed by atoms with van der Waals surface area (Å²) in [4.78, 5) is 19.8. The fraction of sp³-hybridized carbons (Fsp3) is 0.412. The van der Waals surface area contributed by atoms with Crippen LogP contribution in [0.1, 0.15) is 28.0 Å². The Morgan fingerprint density at radius 3 is 2.63 bits per heavy atom. The number of hydrogen-bond donors (Lipinski definition) is 2. The number of carbonyl (C=O) groups is 1. The number of carbonyl (C=O) groups excluding carboxylic acids is 1. The van der Waals surface area contributed by atoms with Crippen molar-refractivity contribution in [2.75, 3.05) is 37.7 Å². The van der Waals surface area contributed by atoms with E-state index in [9.17, 15) is 18.0 Å². The van der Waals surface area contributed by atoms with Gasteiger partial charge in [0, 0.05) is 31.9 Å². The molecule has 146 valence electrons. The third-order valence-electron chi connectivity index (χ3n) is 4.36. The summed E-state index contributed by atoms with van der Waals surface area (Å²) in [5.41, 5.74) is 5.45. The fourth-order valence-corrected chi connectivity index (χ4v) is 2.84. The van der Waals surface area contributed by atoms with Gasteiger partial charge in [-0.05, 0) is 18.2 Å². The van der Waals surface area contributed by atoms with E-state index in [0.29, 0.717) is 31.9 Å². The summed E-state index contributed by atoms with van der Waals surface area (Å²) < 4.78 is 43.7. The number of benzene rings is 1. The number of aliphatic hydroxyl groups is 1. The molecule has 2 aromatic rings. The van der Waals surface area contributed by atoms with Gasteiger partial charge < -0.3 is 25.1 Å². The lowest BCUT2D eigenvalue weighted by Gasteiger charge is -2.36. The maximum Gasteiger partial charge on any atom is 0.416 e. The van der Waals surface area contributed by atoms with Crippen molar-refractivity contribution in [3.8, 4) is 0 Å². The van der Waals surface area contributed by atoms with Crippen LogP contribution in [0.3, 0.4) is 0 Å². The van der Waals surface area contributed by atoms with Crippen LogP contribution in [0.15, 0.2) is 34.9 Å². The van der Waals surface area contributed by atoms with E-state index < -0.39 is 17.8 Å². The molecule has 1 fully saturated rings. The second-order valence-corrected chi connectivity index (χ2v) is 6.19. The predicted octanol–water partition coefficient (Wildman–Crippen LogP) is 1.65. The highest BCUT2D eigenvalue weighted by molar-refractivity contribution is 5.92. The monoisotopic (exact) mass is 384 g/mol. The summed E-state index contributed by atoms with van der Waals surface area (Å²) in [7, 11) is 0. The standard InChI is InChI=1S/C17H19F3N4O3/c18-17(19,20)11-2-1-3-12(8-11)23-4-6-24(7-5-23)16(26)14-10-27-15(22-14)13(21)9-25/h1-3,8,10,13,25H,4-7,9,21H2. The molecule has 0 radical (unpaired) electrons. The molecule has 1 amide bonds. The van der Waals surface area contributed by atoms with Gasteiger partial charge in [0.15, 0.2) is 5.69 Å². The zero-order valence-corrected chi connectivity index (χ0v) is 14.3. The van der Waals surface area contributed by atoms with Crippen molar-refractivity contribution in [3.05, 3.63) is 47.7 Å². The molecular weight excluding hydrogens is 365 g/mol. The molecule has 0 saturated carbocycles.